The van der Waals surface area contributed by atoms with Crippen LogP contribution < -0.4 is 0 Å². The highest BCUT2D eigenvalue weighted by molar-refractivity contribution is 6.68. The van der Waals surface area contributed by atoms with E-state index >= 15 is 0 Å². The molecule has 0 N–H and O–H groups in total. The molecular weight excluding hydrogens is 158 g/mol. The molecule has 0 saturated heterocycles. The topological polar surface area (TPSA) is 17.1 Å². The predicted molar refractivity (Wildman–Crippen MR) is 30.6 cm³/mol. The van der Waals surface area contributed by atoms with Gasteiger partial charge in [0.15, 0.2) is 3.79 Å². The molecule has 0 rings (SSSR count). The second-order valence-corrected chi connectivity index (χ2v) is 3.45. The highest BCUT2D eigenvalue weighted by Gasteiger charge is 2.18. The third-order valence-corrected chi connectivity index (χ3v) is 0.674. The fourth-order valence-corrected chi connectivity index (χ4v) is 0.245. The third kappa shape index (κ3) is 6.54. The van der Waals surface area contributed by atoms with E-state index in [4.69, 9.17) is 34.8 Å². The van der Waals surface area contributed by atoms with Crippen molar-refractivity contribution in [3.8, 4) is 0 Å². The molecule has 0 aromatic rings. The summed E-state index contributed by atoms with van der Waals surface area (Å²) in [6.07, 6.45) is 1.29. The van der Waals surface area contributed by atoms with Crippen molar-refractivity contribution >= 4 is 41.1 Å². The number of alkyl halides is 3. The Morgan fingerprint density at radius 3 is 1.86 bits per heavy atom. The summed E-state index contributed by atoms with van der Waals surface area (Å²) in [5, 5.41) is 0. The van der Waals surface area contributed by atoms with Crippen molar-refractivity contribution in [2.75, 3.05) is 0 Å². The van der Waals surface area contributed by atoms with Crippen LogP contribution in [0.4, 0.5) is 0 Å². The Morgan fingerprint density at radius 1 is 1.43 bits per heavy atom. The van der Waals surface area contributed by atoms with Crippen molar-refractivity contribution < 1.29 is 4.79 Å². The van der Waals surface area contributed by atoms with E-state index in [9.17, 15) is 4.79 Å². The molecule has 1 radical (unpaired) electrons. The molecule has 0 atom stereocenters. The molecule has 4 heteroatoms. The van der Waals surface area contributed by atoms with Crippen LogP contribution >= 0.6 is 34.8 Å². The number of hydrogen-bond donors (Lipinski definition) is 0. The maximum atomic E-state index is 9.44. The third-order valence-electron chi connectivity index (χ3n) is 0.273. The number of halogens is 3. The number of carbonyl (C=O) groups excluding carboxylic acids is 1. The van der Waals surface area contributed by atoms with E-state index < -0.39 is 3.79 Å². The molecule has 0 amide bonds. The SMILES string of the molecule is O=[C]CC(Cl)(Cl)Cl. The van der Waals surface area contributed by atoms with Gasteiger partial charge >= 0.3 is 0 Å². The largest absolute Gasteiger partial charge is 0.291 e. The summed E-state index contributed by atoms with van der Waals surface area (Å²) in [5.74, 6) is 0. The molecule has 0 spiro atoms. The summed E-state index contributed by atoms with van der Waals surface area (Å²) in [4.78, 5) is 9.44. The first-order chi connectivity index (χ1) is 3.06. The summed E-state index contributed by atoms with van der Waals surface area (Å²) in [6.45, 7) is 0. The Balaban J connectivity index is 3.34. The van der Waals surface area contributed by atoms with Crippen LogP contribution in [0, 0.1) is 0 Å². The summed E-state index contributed by atoms with van der Waals surface area (Å²) in [5.41, 5.74) is 0. The molecular formula is C3H2Cl3O. The van der Waals surface area contributed by atoms with Crippen LogP contribution in [0.1, 0.15) is 6.42 Å². The zero-order chi connectivity index (χ0) is 5.91. The van der Waals surface area contributed by atoms with Gasteiger partial charge in [0.2, 0.25) is 6.29 Å². The average Bonchev–Trinajstić information content (AvgIpc) is 1.30. The molecule has 0 aliphatic heterocycles. The van der Waals surface area contributed by atoms with Crippen molar-refractivity contribution in [3.63, 3.8) is 0 Å². The normalized spacial score (nSPS) is 11.3. The van der Waals surface area contributed by atoms with Crippen molar-refractivity contribution in [1.82, 2.24) is 0 Å². The first kappa shape index (κ1) is 7.54. The van der Waals surface area contributed by atoms with Crippen LogP contribution in [0.15, 0.2) is 0 Å². The van der Waals surface area contributed by atoms with Crippen LogP contribution in [-0.2, 0) is 4.79 Å². The minimum atomic E-state index is -1.46. The maximum Gasteiger partial charge on any atom is 0.202 e. The summed E-state index contributed by atoms with van der Waals surface area (Å²) >= 11 is 15.3. The lowest BCUT2D eigenvalue weighted by Crippen LogP contribution is -2.00. The Hall–Kier alpha value is 0.540. The lowest BCUT2D eigenvalue weighted by atomic mass is 10.5. The fraction of sp³-hybridized carbons (Fsp3) is 0.667. The van der Waals surface area contributed by atoms with E-state index in [-0.39, 0.29) is 6.42 Å². The van der Waals surface area contributed by atoms with Gasteiger partial charge < -0.3 is 0 Å². The van der Waals surface area contributed by atoms with E-state index in [1.807, 2.05) is 0 Å². The van der Waals surface area contributed by atoms with Crippen LogP contribution in [-0.4, -0.2) is 10.1 Å². The predicted octanol–water partition coefficient (Wildman–Crippen LogP) is 1.86. The molecule has 0 aromatic carbocycles. The molecule has 0 aliphatic rings. The molecule has 7 heavy (non-hydrogen) atoms. The van der Waals surface area contributed by atoms with Crippen molar-refractivity contribution in [1.29, 1.82) is 0 Å². The van der Waals surface area contributed by atoms with Gasteiger partial charge in [-0.3, -0.25) is 4.79 Å². The highest BCUT2D eigenvalue weighted by atomic mass is 35.6. The second kappa shape index (κ2) is 2.75. The van der Waals surface area contributed by atoms with Gasteiger partial charge in [0.25, 0.3) is 0 Å². The lowest BCUT2D eigenvalue weighted by Gasteiger charge is -2.01. The first-order valence-electron chi connectivity index (χ1n) is 1.48. The van der Waals surface area contributed by atoms with Gasteiger partial charge in [-0.05, 0) is 0 Å². The van der Waals surface area contributed by atoms with Crippen LogP contribution in [0.25, 0.3) is 0 Å². The lowest BCUT2D eigenvalue weighted by molar-refractivity contribution is 0.552. The van der Waals surface area contributed by atoms with Gasteiger partial charge in [-0.25, -0.2) is 0 Å². The standard InChI is InChI=1S/C3H2Cl3O/c4-3(5,6)1-2-7/h1H2. The van der Waals surface area contributed by atoms with E-state index in [0.717, 1.165) is 0 Å². The monoisotopic (exact) mass is 159 g/mol. The van der Waals surface area contributed by atoms with Crippen molar-refractivity contribution in [3.05, 3.63) is 0 Å². The molecule has 0 saturated carbocycles. The smallest absolute Gasteiger partial charge is 0.202 e. The van der Waals surface area contributed by atoms with Crippen LogP contribution in [0.3, 0.4) is 0 Å². The Kier molecular flexibility index (Phi) is 2.96. The van der Waals surface area contributed by atoms with Gasteiger partial charge in [-0.15, -0.1) is 0 Å². The van der Waals surface area contributed by atoms with Crippen molar-refractivity contribution in [2.45, 2.75) is 10.2 Å². The Morgan fingerprint density at radius 2 is 1.86 bits per heavy atom. The van der Waals surface area contributed by atoms with Crippen LogP contribution in [0.2, 0.25) is 0 Å². The Bertz CT molecular complexity index is 65.1. The summed E-state index contributed by atoms with van der Waals surface area (Å²) in [7, 11) is 0. The molecule has 1 nitrogen and oxygen atoms in total. The molecule has 0 unspecified atom stereocenters. The summed E-state index contributed by atoms with van der Waals surface area (Å²) in [6, 6.07) is 0. The Labute approximate surface area is 56.5 Å². The molecule has 0 heterocycles. The highest BCUT2D eigenvalue weighted by Crippen LogP contribution is 2.28. The molecule has 41 valence electrons. The average molecular weight is 160 g/mol. The van der Waals surface area contributed by atoms with Gasteiger partial charge in [0, 0.05) is 0 Å². The van der Waals surface area contributed by atoms with Crippen LogP contribution in [0.5, 0.6) is 0 Å². The number of hydrogen-bond acceptors (Lipinski definition) is 1. The maximum absolute atomic E-state index is 9.44. The minimum Gasteiger partial charge on any atom is -0.291 e. The number of rotatable bonds is 1. The van der Waals surface area contributed by atoms with Crippen molar-refractivity contribution in [2.24, 2.45) is 0 Å². The minimum absolute atomic E-state index is 0.169. The fourth-order valence-electron chi connectivity index (χ4n) is 0.0818. The van der Waals surface area contributed by atoms with Gasteiger partial charge in [0.05, 0.1) is 6.42 Å². The quantitative estimate of drug-likeness (QED) is 0.535. The molecule has 0 bridgehead atoms. The van der Waals surface area contributed by atoms with E-state index in [0.29, 0.717) is 0 Å². The molecule has 0 aromatic heterocycles. The zero-order valence-corrected chi connectivity index (χ0v) is 5.52. The zero-order valence-electron chi connectivity index (χ0n) is 3.25. The van der Waals surface area contributed by atoms with Gasteiger partial charge in [-0.2, -0.15) is 0 Å². The van der Waals surface area contributed by atoms with Gasteiger partial charge in [0.1, 0.15) is 0 Å². The summed E-state index contributed by atoms with van der Waals surface area (Å²) < 4.78 is -1.46. The van der Waals surface area contributed by atoms with E-state index in [1.54, 1.807) is 0 Å². The molecule has 0 fully saturated rings. The first-order valence-corrected chi connectivity index (χ1v) is 2.61. The second-order valence-electron chi connectivity index (χ2n) is 0.936. The molecule has 0 aliphatic carbocycles. The van der Waals surface area contributed by atoms with Gasteiger partial charge in [-0.1, -0.05) is 34.8 Å². The van der Waals surface area contributed by atoms with E-state index in [1.165, 1.54) is 6.29 Å². The van der Waals surface area contributed by atoms with E-state index in [2.05, 4.69) is 0 Å².